The Kier molecular flexibility index (Phi) is 3.85. The van der Waals surface area contributed by atoms with Crippen LogP contribution in [0.15, 0.2) is 34.7 Å². The molecule has 0 spiro atoms. The van der Waals surface area contributed by atoms with Crippen molar-refractivity contribution >= 4 is 23.4 Å². The van der Waals surface area contributed by atoms with E-state index >= 15 is 0 Å². The first-order valence-corrected chi connectivity index (χ1v) is 5.78. The fourth-order valence-corrected chi connectivity index (χ4v) is 1.79. The van der Waals surface area contributed by atoms with Gasteiger partial charge in [0.15, 0.2) is 23.0 Å². The number of rotatable bonds is 3. The number of nitrogens with one attached hydrogen (secondary N) is 1. The molecule has 1 aromatic rings. The van der Waals surface area contributed by atoms with Gasteiger partial charge in [-0.2, -0.15) is 5.26 Å². The summed E-state index contributed by atoms with van der Waals surface area (Å²) < 4.78 is 0. The van der Waals surface area contributed by atoms with Gasteiger partial charge in [-0.05, 0) is 19.1 Å². The highest BCUT2D eigenvalue weighted by Crippen LogP contribution is 2.23. The molecule has 9 heteroatoms. The molecule has 0 bridgehead atoms. The summed E-state index contributed by atoms with van der Waals surface area (Å²) in [6, 6.07) is 1.92. The second-order valence-corrected chi connectivity index (χ2v) is 4.12. The van der Waals surface area contributed by atoms with Crippen molar-refractivity contribution in [1.82, 2.24) is 4.98 Å². The van der Waals surface area contributed by atoms with Crippen LogP contribution in [0.3, 0.4) is 0 Å². The molecule has 0 aromatic carbocycles. The van der Waals surface area contributed by atoms with Gasteiger partial charge in [0.25, 0.3) is 5.91 Å². The van der Waals surface area contributed by atoms with Crippen molar-refractivity contribution in [2.45, 2.75) is 13.0 Å². The van der Waals surface area contributed by atoms with Crippen molar-refractivity contribution in [2.24, 2.45) is 4.99 Å². The first kappa shape index (κ1) is 14.5. The summed E-state index contributed by atoms with van der Waals surface area (Å²) in [5.74, 6) is -3.16. The number of aromatic nitrogens is 1. The van der Waals surface area contributed by atoms with Gasteiger partial charge in [-0.25, -0.2) is 9.78 Å². The number of carbonyl (C=O) groups is 2. The van der Waals surface area contributed by atoms with E-state index in [1.165, 1.54) is 25.3 Å². The Bertz CT molecular complexity index is 667. The summed E-state index contributed by atoms with van der Waals surface area (Å²) in [5.41, 5.74) is -0.763. The number of hydrogen-bond acceptors (Lipinski definition) is 8. The van der Waals surface area contributed by atoms with E-state index < -0.39 is 29.4 Å². The number of anilines is 1. The molecule has 1 aromatic heterocycles. The van der Waals surface area contributed by atoms with Crippen LogP contribution in [0, 0.1) is 0 Å². The Labute approximate surface area is 118 Å². The number of aliphatic hydroxyl groups is 1. The second-order valence-electron chi connectivity index (χ2n) is 4.12. The summed E-state index contributed by atoms with van der Waals surface area (Å²) >= 11 is 0. The summed E-state index contributed by atoms with van der Waals surface area (Å²) in [4.78, 5) is 34.3. The van der Waals surface area contributed by atoms with Gasteiger partial charge < -0.3 is 15.5 Å². The zero-order valence-electron chi connectivity index (χ0n) is 10.8. The molecule has 0 fully saturated rings. The average molecular weight is 293 g/mol. The molecule has 1 atom stereocenters. The van der Waals surface area contributed by atoms with Gasteiger partial charge in [0.05, 0.1) is 6.04 Å². The molecular formula is C12H11N3O6. The zero-order valence-corrected chi connectivity index (χ0v) is 10.8. The predicted octanol–water partition coefficient (Wildman–Crippen LogP) is 0.397. The van der Waals surface area contributed by atoms with Gasteiger partial charge >= 0.3 is 5.97 Å². The Morgan fingerprint density at radius 3 is 2.71 bits per heavy atom. The van der Waals surface area contributed by atoms with Crippen LogP contribution < -0.4 is 5.32 Å². The van der Waals surface area contributed by atoms with Crippen LogP contribution in [0.5, 0.6) is 5.75 Å². The monoisotopic (exact) mass is 293 g/mol. The topological polar surface area (TPSA) is 141 Å². The molecule has 2 heterocycles. The molecule has 1 aliphatic rings. The highest BCUT2D eigenvalue weighted by Gasteiger charge is 2.35. The van der Waals surface area contributed by atoms with E-state index in [1.807, 2.05) is 0 Å². The molecule has 9 nitrogen and oxygen atoms in total. The van der Waals surface area contributed by atoms with Gasteiger partial charge in [0, 0.05) is 6.20 Å². The maximum absolute atomic E-state index is 12.0. The molecule has 0 saturated carbocycles. The van der Waals surface area contributed by atoms with Gasteiger partial charge in [0.2, 0.25) is 0 Å². The molecular weight excluding hydrogens is 282 g/mol. The fourth-order valence-electron chi connectivity index (χ4n) is 1.79. The van der Waals surface area contributed by atoms with E-state index in [-0.39, 0.29) is 17.1 Å². The second kappa shape index (κ2) is 5.59. The molecule has 0 unspecified atom stereocenters. The van der Waals surface area contributed by atoms with Gasteiger partial charge in [-0.1, -0.05) is 0 Å². The van der Waals surface area contributed by atoms with Crippen LogP contribution in [0.2, 0.25) is 0 Å². The third-order valence-electron chi connectivity index (χ3n) is 2.76. The first-order chi connectivity index (χ1) is 9.95. The fraction of sp³-hybridized carbons (Fsp3) is 0.167. The van der Waals surface area contributed by atoms with Crippen molar-refractivity contribution in [2.75, 3.05) is 5.32 Å². The minimum Gasteiger partial charge on any atom is -0.505 e. The van der Waals surface area contributed by atoms with E-state index in [0.717, 1.165) is 0 Å². The highest BCUT2D eigenvalue weighted by atomic mass is 17.1. The number of amides is 1. The number of aliphatic hydroxyl groups excluding tert-OH is 1. The summed E-state index contributed by atoms with van der Waals surface area (Å²) in [5, 5.41) is 29.9. The lowest BCUT2D eigenvalue weighted by atomic mass is 10.1. The molecule has 0 aliphatic carbocycles. The normalized spacial score (nSPS) is 17.4. The van der Waals surface area contributed by atoms with Gasteiger partial charge in [-0.15, -0.1) is 0 Å². The Morgan fingerprint density at radius 1 is 1.38 bits per heavy atom. The lowest BCUT2D eigenvalue weighted by molar-refractivity contribution is -0.229. The maximum atomic E-state index is 12.0. The van der Waals surface area contributed by atoms with Crippen LogP contribution in [0.1, 0.15) is 6.92 Å². The molecule has 110 valence electrons. The SMILES string of the molecule is C[C@H]1N=C(C(=O)Nc2ncccc2O)C(O)=C1C(=O)OO. The molecule has 0 radical (unpaired) electrons. The maximum Gasteiger partial charge on any atom is 0.374 e. The van der Waals surface area contributed by atoms with Crippen LogP contribution >= 0.6 is 0 Å². The average Bonchev–Trinajstić information content (AvgIpc) is 2.76. The van der Waals surface area contributed by atoms with Crippen LogP contribution in [0.4, 0.5) is 5.82 Å². The van der Waals surface area contributed by atoms with Crippen LogP contribution in [-0.2, 0) is 14.5 Å². The van der Waals surface area contributed by atoms with Crippen LogP contribution in [0.25, 0.3) is 0 Å². The minimum atomic E-state index is -1.20. The number of nitrogens with zero attached hydrogens (tertiary/aromatic N) is 2. The van der Waals surface area contributed by atoms with Gasteiger partial charge in [-0.3, -0.25) is 14.7 Å². The Hall–Kier alpha value is -2.94. The Balaban J connectivity index is 2.25. The minimum absolute atomic E-state index is 0.121. The van der Waals surface area contributed by atoms with E-state index in [0.29, 0.717) is 0 Å². The number of carbonyl (C=O) groups excluding carboxylic acids is 2. The number of pyridine rings is 1. The number of hydrogen-bond donors (Lipinski definition) is 4. The quantitative estimate of drug-likeness (QED) is 0.466. The summed E-state index contributed by atoms with van der Waals surface area (Å²) in [6.07, 6.45) is 1.35. The van der Waals surface area contributed by atoms with Gasteiger partial charge in [0.1, 0.15) is 5.57 Å². The molecule has 0 saturated heterocycles. The predicted molar refractivity (Wildman–Crippen MR) is 69.8 cm³/mol. The molecule has 2 rings (SSSR count). The highest BCUT2D eigenvalue weighted by molar-refractivity contribution is 6.49. The third kappa shape index (κ3) is 2.67. The number of aliphatic imine (C=N–C) groups is 1. The molecule has 1 aliphatic heterocycles. The zero-order chi connectivity index (χ0) is 15.6. The largest absolute Gasteiger partial charge is 0.505 e. The summed E-state index contributed by atoms with van der Waals surface area (Å²) in [7, 11) is 0. The van der Waals surface area contributed by atoms with E-state index in [9.17, 15) is 19.8 Å². The van der Waals surface area contributed by atoms with Crippen molar-refractivity contribution in [3.05, 3.63) is 29.7 Å². The van der Waals surface area contributed by atoms with Crippen LogP contribution in [-0.4, -0.2) is 44.1 Å². The standard InChI is InChI=1S/C12H11N3O6/c1-5-7(12(19)21-20)9(17)8(14-5)11(18)15-10-6(16)3-2-4-13-10/h2-5,16-17,20H,1H3,(H,13,15,18)/t5-/m1/s1. The van der Waals surface area contributed by atoms with Crippen molar-refractivity contribution in [3.63, 3.8) is 0 Å². The van der Waals surface area contributed by atoms with Crippen molar-refractivity contribution < 1.29 is 29.9 Å². The lowest BCUT2D eigenvalue weighted by Crippen LogP contribution is -2.24. The lowest BCUT2D eigenvalue weighted by Gasteiger charge is -2.05. The molecule has 21 heavy (non-hydrogen) atoms. The smallest absolute Gasteiger partial charge is 0.374 e. The van der Waals surface area contributed by atoms with E-state index in [2.05, 4.69) is 20.2 Å². The first-order valence-electron chi connectivity index (χ1n) is 5.78. The van der Waals surface area contributed by atoms with E-state index in [1.54, 1.807) is 0 Å². The molecule has 1 amide bonds. The molecule has 4 N–H and O–H groups in total. The Morgan fingerprint density at radius 2 is 2.10 bits per heavy atom. The van der Waals surface area contributed by atoms with Crippen molar-refractivity contribution in [1.29, 1.82) is 0 Å². The third-order valence-corrected chi connectivity index (χ3v) is 2.76. The van der Waals surface area contributed by atoms with Crippen molar-refractivity contribution in [3.8, 4) is 5.75 Å². The number of aromatic hydroxyl groups is 1. The van der Waals surface area contributed by atoms with E-state index in [4.69, 9.17) is 5.26 Å². The summed E-state index contributed by atoms with van der Waals surface area (Å²) in [6.45, 7) is 1.43.